The average Bonchev–Trinajstić information content (AvgIpc) is 2.68. The Morgan fingerprint density at radius 2 is 1.76 bits per heavy atom. The number of nitrogens with zero attached hydrogens (tertiary/aromatic N) is 1. The maximum atomic E-state index is 12.6. The van der Waals surface area contributed by atoms with E-state index < -0.39 is 6.04 Å². The third-order valence-corrected chi connectivity index (χ3v) is 4.91. The van der Waals surface area contributed by atoms with Crippen molar-refractivity contribution in [1.82, 2.24) is 15.5 Å². The van der Waals surface area contributed by atoms with Crippen LogP contribution in [0.4, 0.5) is 0 Å². The first-order valence-electron chi connectivity index (χ1n) is 9.40. The molecule has 6 nitrogen and oxygen atoms in total. The highest BCUT2D eigenvalue weighted by Crippen LogP contribution is 2.27. The van der Waals surface area contributed by atoms with Crippen molar-refractivity contribution in [3.05, 3.63) is 64.7 Å². The van der Waals surface area contributed by atoms with Gasteiger partial charge in [-0.2, -0.15) is 0 Å². The van der Waals surface area contributed by atoms with Crippen LogP contribution < -0.4 is 15.4 Å². The van der Waals surface area contributed by atoms with Crippen molar-refractivity contribution in [2.75, 3.05) is 27.7 Å². The van der Waals surface area contributed by atoms with E-state index in [0.717, 1.165) is 16.9 Å². The number of methoxy groups -OCH3 is 1. The number of ether oxygens (including phenoxy) is 1. The molecule has 2 aromatic rings. The summed E-state index contributed by atoms with van der Waals surface area (Å²) in [4.78, 5) is 26.3. The van der Waals surface area contributed by atoms with Gasteiger partial charge in [0.15, 0.2) is 0 Å². The van der Waals surface area contributed by atoms with Crippen LogP contribution in [0.15, 0.2) is 48.5 Å². The highest BCUT2D eigenvalue weighted by Gasteiger charge is 2.21. The summed E-state index contributed by atoms with van der Waals surface area (Å²) in [7, 11) is 5.54. The predicted octanol–water partition coefficient (Wildman–Crippen LogP) is 3.34. The lowest BCUT2D eigenvalue weighted by atomic mass is 10.0. The van der Waals surface area contributed by atoms with Crippen molar-refractivity contribution in [1.29, 1.82) is 0 Å². The number of halogens is 1. The first-order valence-corrected chi connectivity index (χ1v) is 9.78. The third-order valence-electron chi connectivity index (χ3n) is 4.65. The fraction of sp³-hybridized carbons (Fsp3) is 0.364. The van der Waals surface area contributed by atoms with Gasteiger partial charge in [0.2, 0.25) is 11.8 Å². The Morgan fingerprint density at radius 3 is 2.34 bits per heavy atom. The number of benzene rings is 2. The van der Waals surface area contributed by atoms with Gasteiger partial charge < -0.3 is 20.3 Å². The summed E-state index contributed by atoms with van der Waals surface area (Å²) < 4.78 is 5.46. The van der Waals surface area contributed by atoms with Gasteiger partial charge in [0.25, 0.3) is 0 Å². The normalized spacial score (nSPS) is 12.9. The van der Waals surface area contributed by atoms with Crippen LogP contribution in [-0.4, -0.2) is 44.5 Å². The summed E-state index contributed by atoms with van der Waals surface area (Å²) in [6, 6.07) is 14.4. The summed E-state index contributed by atoms with van der Waals surface area (Å²) in [6.07, 6.45) is 0.132. The summed E-state index contributed by atoms with van der Waals surface area (Å²) in [5, 5.41) is 6.42. The molecule has 0 bridgehead atoms. The van der Waals surface area contributed by atoms with E-state index in [4.69, 9.17) is 16.3 Å². The Kier molecular flexibility index (Phi) is 8.49. The van der Waals surface area contributed by atoms with Crippen LogP contribution in [0.25, 0.3) is 0 Å². The first-order chi connectivity index (χ1) is 13.8. The molecule has 0 saturated carbocycles. The summed E-state index contributed by atoms with van der Waals surface area (Å²) in [5.41, 5.74) is 1.82. The van der Waals surface area contributed by atoms with Crippen LogP contribution >= 0.6 is 11.6 Å². The van der Waals surface area contributed by atoms with Gasteiger partial charge in [0, 0.05) is 24.1 Å². The molecule has 0 aliphatic rings. The Balaban J connectivity index is 2.08. The number of hydrogen-bond acceptors (Lipinski definition) is 4. The summed E-state index contributed by atoms with van der Waals surface area (Å²) >= 11 is 5.94. The SMILES string of the molecule is COc1ccccc1C(CNC(=O)CC(NC(C)=O)c1ccc(Cl)cc1)N(C)C. The number of carbonyl (C=O) groups is 2. The van der Waals surface area contributed by atoms with E-state index in [0.29, 0.717) is 11.6 Å². The second-order valence-corrected chi connectivity index (χ2v) is 7.47. The molecule has 2 rings (SSSR count). The molecule has 7 heteroatoms. The van der Waals surface area contributed by atoms with Crippen molar-refractivity contribution in [2.24, 2.45) is 0 Å². The molecule has 0 heterocycles. The highest BCUT2D eigenvalue weighted by molar-refractivity contribution is 6.30. The Labute approximate surface area is 177 Å². The maximum absolute atomic E-state index is 12.6. The van der Waals surface area contributed by atoms with Gasteiger partial charge in [-0.15, -0.1) is 0 Å². The van der Waals surface area contributed by atoms with Crippen molar-refractivity contribution >= 4 is 23.4 Å². The molecule has 0 aromatic heterocycles. The van der Waals surface area contributed by atoms with E-state index in [1.165, 1.54) is 6.92 Å². The minimum Gasteiger partial charge on any atom is -0.496 e. The zero-order valence-electron chi connectivity index (χ0n) is 17.2. The van der Waals surface area contributed by atoms with E-state index in [1.54, 1.807) is 19.2 Å². The Bertz CT molecular complexity index is 824. The largest absolute Gasteiger partial charge is 0.496 e. The van der Waals surface area contributed by atoms with Crippen molar-refractivity contribution in [2.45, 2.75) is 25.4 Å². The second kappa shape index (κ2) is 10.8. The second-order valence-electron chi connectivity index (χ2n) is 7.03. The number of nitrogens with one attached hydrogen (secondary N) is 2. The van der Waals surface area contributed by atoms with E-state index in [1.807, 2.05) is 55.4 Å². The molecular formula is C22H28ClN3O3. The number of amides is 2. The molecule has 0 aliphatic carbocycles. The lowest BCUT2D eigenvalue weighted by Gasteiger charge is -2.27. The van der Waals surface area contributed by atoms with Gasteiger partial charge in [-0.25, -0.2) is 0 Å². The predicted molar refractivity (Wildman–Crippen MR) is 115 cm³/mol. The molecule has 0 aliphatic heterocycles. The molecule has 2 N–H and O–H groups in total. The zero-order chi connectivity index (χ0) is 21.4. The van der Waals surface area contributed by atoms with Crippen LogP contribution in [0.5, 0.6) is 5.75 Å². The number of likely N-dealkylation sites (N-methyl/N-ethyl adjacent to an activating group) is 1. The molecule has 29 heavy (non-hydrogen) atoms. The molecule has 2 atom stereocenters. The highest BCUT2D eigenvalue weighted by atomic mass is 35.5. The summed E-state index contributed by atoms with van der Waals surface area (Å²) in [5.74, 6) is 0.427. The van der Waals surface area contributed by atoms with Gasteiger partial charge in [0.1, 0.15) is 5.75 Å². The van der Waals surface area contributed by atoms with Crippen LogP contribution in [0, 0.1) is 0 Å². The minimum absolute atomic E-state index is 0.0511. The van der Waals surface area contributed by atoms with Crippen LogP contribution in [0.2, 0.25) is 5.02 Å². The van der Waals surface area contributed by atoms with Crippen LogP contribution in [0.1, 0.15) is 36.6 Å². The van der Waals surface area contributed by atoms with Gasteiger partial charge >= 0.3 is 0 Å². The molecule has 2 amide bonds. The number of rotatable bonds is 9. The van der Waals surface area contributed by atoms with Gasteiger partial charge in [-0.05, 0) is 37.9 Å². The molecule has 156 valence electrons. The van der Waals surface area contributed by atoms with Crippen molar-refractivity contribution in [3.8, 4) is 5.75 Å². The van der Waals surface area contributed by atoms with Crippen molar-refractivity contribution in [3.63, 3.8) is 0 Å². The van der Waals surface area contributed by atoms with Crippen molar-refractivity contribution < 1.29 is 14.3 Å². The fourth-order valence-corrected chi connectivity index (χ4v) is 3.30. The average molecular weight is 418 g/mol. The molecule has 0 saturated heterocycles. The zero-order valence-corrected chi connectivity index (χ0v) is 18.0. The monoisotopic (exact) mass is 417 g/mol. The lowest BCUT2D eigenvalue weighted by molar-refractivity contribution is -0.123. The molecule has 0 radical (unpaired) electrons. The quantitative estimate of drug-likeness (QED) is 0.656. The Morgan fingerprint density at radius 1 is 1.10 bits per heavy atom. The standard InChI is InChI=1S/C22H28ClN3O3/c1-15(27)25-19(16-9-11-17(23)12-10-16)13-22(28)24-14-20(26(2)3)18-7-5-6-8-21(18)29-4/h5-12,19-20H,13-14H2,1-4H3,(H,24,28)(H,25,27). The number of hydrogen-bond donors (Lipinski definition) is 2. The lowest BCUT2D eigenvalue weighted by Crippen LogP contribution is -2.37. The topological polar surface area (TPSA) is 70.7 Å². The van der Waals surface area contributed by atoms with E-state index >= 15 is 0 Å². The van der Waals surface area contributed by atoms with Gasteiger partial charge in [-0.1, -0.05) is 41.9 Å². The first kappa shape index (κ1) is 22.7. The van der Waals surface area contributed by atoms with Crippen LogP contribution in [0.3, 0.4) is 0 Å². The minimum atomic E-state index is -0.422. The molecule has 2 aromatic carbocycles. The van der Waals surface area contributed by atoms with Gasteiger partial charge in [0.05, 0.1) is 25.6 Å². The van der Waals surface area contributed by atoms with Gasteiger partial charge in [-0.3, -0.25) is 9.59 Å². The fourth-order valence-electron chi connectivity index (χ4n) is 3.17. The van der Waals surface area contributed by atoms with Crippen LogP contribution in [-0.2, 0) is 9.59 Å². The maximum Gasteiger partial charge on any atom is 0.222 e. The van der Waals surface area contributed by atoms with E-state index in [-0.39, 0.29) is 24.3 Å². The third kappa shape index (κ3) is 6.76. The Hall–Kier alpha value is -2.57. The smallest absolute Gasteiger partial charge is 0.222 e. The molecule has 0 spiro atoms. The summed E-state index contributed by atoms with van der Waals surface area (Å²) in [6.45, 7) is 1.85. The molecule has 0 fully saturated rings. The van der Waals surface area contributed by atoms with E-state index in [9.17, 15) is 9.59 Å². The molecular weight excluding hydrogens is 390 g/mol. The number of carbonyl (C=O) groups excluding carboxylic acids is 2. The molecule has 2 unspecified atom stereocenters. The van der Waals surface area contributed by atoms with E-state index in [2.05, 4.69) is 10.6 Å². The number of para-hydroxylation sites is 1.